The van der Waals surface area contributed by atoms with Gasteiger partial charge in [-0.2, -0.15) is 10.2 Å². The molecule has 25 heavy (non-hydrogen) atoms. The minimum atomic E-state index is -0.487. The monoisotopic (exact) mass is 420 g/mol. The second kappa shape index (κ2) is 7.58. The number of amides is 1. The van der Waals surface area contributed by atoms with Crippen molar-refractivity contribution in [3.05, 3.63) is 75.1 Å². The van der Waals surface area contributed by atoms with Crippen LogP contribution in [0.15, 0.2) is 58.1 Å². The molecule has 0 aliphatic rings. The topological polar surface area (TPSA) is 70.1 Å². The number of rotatable bonds is 4. The number of halogens is 3. The molecule has 0 unspecified atom stereocenters. The Balaban J connectivity index is 1.69. The molecule has 0 radical (unpaired) electrons. The van der Waals surface area contributed by atoms with E-state index in [9.17, 15) is 9.18 Å². The van der Waals surface area contributed by atoms with Crippen LogP contribution in [-0.2, 0) is 0 Å². The molecule has 0 saturated heterocycles. The van der Waals surface area contributed by atoms with Gasteiger partial charge in [0.25, 0.3) is 5.91 Å². The SMILES string of the molecule is O=C(N/N=C\c1cc(Br)ccc1F)c1cc(-c2ccc(Cl)cc2)n[nH]1. The van der Waals surface area contributed by atoms with E-state index < -0.39 is 11.7 Å². The van der Waals surface area contributed by atoms with E-state index in [4.69, 9.17) is 11.6 Å². The summed E-state index contributed by atoms with van der Waals surface area (Å²) in [4.78, 5) is 12.1. The quantitative estimate of drug-likeness (QED) is 0.484. The summed E-state index contributed by atoms with van der Waals surface area (Å²) >= 11 is 9.09. The minimum Gasteiger partial charge on any atom is -0.272 e. The molecular formula is C17H11BrClFN4O. The lowest BCUT2D eigenvalue weighted by molar-refractivity contribution is 0.0950. The molecule has 2 aromatic carbocycles. The lowest BCUT2D eigenvalue weighted by Gasteiger charge is -1.98. The highest BCUT2D eigenvalue weighted by Gasteiger charge is 2.10. The van der Waals surface area contributed by atoms with Crippen LogP contribution in [0.3, 0.4) is 0 Å². The molecular weight excluding hydrogens is 411 g/mol. The van der Waals surface area contributed by atoms with Crippen LogP contribution in [-0.4, -0.2) is 22.3 Å². The van der Waals surface area contributed by atoms with Gasteiger partial charge in [0.05, 0.1) is 11.9 Å². The summed E-state index contributed by atoms with van der Waals surface area (Å²) in [5, 5.41) is 11.1. The zero-order valence-corrected chi connectivity index (χ0v) is 15.0. The number of benzene rings is 2. The predicted molar refractivity (Wildman–Crippen MR) is 98.2 cm³/mol. The van der Waals surface area contributed by atoms with E-state index in [-0.39, 0.29) is 11.3 Å². The van der Waals surface area contributed by atoms with Crippen LogP contribution < -0.4 is 5.43 Å². The Kier molecular flexibility index (Phi) is 5.25. The highest BCUT2D eigenvalue weighted by Crippen LogP contribution is 2.20. The van der Waals surface area contributed by atoms with E-state index in [1.807, 2.05) is 0 Å². The lowest BCUT2D eigenvalue weighted by Crippen LogP contribution is -2.18. The van der Waals surface area contributed by atoms with Gasteiger partial charge in [0.1, 0.15) is 11.5 Å². The van der Waals surface area contributed by atoms with E-state index in [0.717, 1.165) is 5.56 Å². The third-order valence-corrected chi connectivity index (χ3v) is 4.04. The number of nitrogens with zero attached hydrogens (tertiary/aromatic N) is 2. The lowest BCUT2D eigenvalue weighted by atomic mass is 10.1. The molecule has 0 aliphatic heterocycles. The fourth-order valence-electron chi connectivity index (χ4n) is 2.04. The summed E-state index contributed by atoms with van der Waals surface area (Å²) in [6, 6.07) is 13.1. The predicted octanol–water partition coefficient (Wildman–Crippen LogP) is 4.40. The smallest absolute Gasteiger partial charge is 0.272 e. The maximum atomic E-state index is 13.6. The third kappa shape index (κ3) is 4.32. The van der Waals surface area contributed by atoms with E-state index in [1.165, 1.54) is 12.3 Å². The van der Waals surface area contributed by atoms with Crippen molar-refractivity contribution in [3.63, 3.8) is 0 Å². The van der Waals surface area contributed by atoms with Gasteiger partial charge in [-0.1, -0.05) is 39.7 Å². The second-order valence-corrected chi connectivity index (χ2v) is 6.39. The minimum absolute atomic E-state index is 0.233. The van der Waals surface area contributed by atoms with Crippen molar-refractivity contribution >= 4 is 39.7 Å². The van der Waals surface area contributed by atoms with E-state index in [1.54, 1.807) is 42.5 Å². The Hall–Kier alpha value is -2.51. The average molecular weight is 422 g/mol. The molecule has 126 valence electrons. The van der Waals surface area contributed by atoms with Gasteiger partial charge in [0, 0.05) is 20.6 Å². The van der Waals surface area contributed by atoms with E-state index in [0.29, 0.717) is 15.2 Å². The molecule has 1 amide bonds. The summed E-state index contributed by atoms with van der Waals surface area (Å²) in [6.07, 6.45) is 1.23. The van der Waals surface area contributed by atoms with Gasteiger partial charge in [0.2, 0.25) is 0 Å². The van der Waals surface area contributed by atoms with Gasteiger partial charge < -0.3 is 0 Å². The molecule has 0 fully saturated rings. The first-order chi connectivity index (χ1) is 12.0. The average Bonchev–Trinajstić information content (AvgIpc) is 3.08. The third-order valence-electron chi connectivity index (χ3n) is 3.29. The number of hydrogen-bond donors (Lipinski definition) is 2. The van der Waals surface area contributed by atoms with Gasteiger partial charge >= 0.3 is 0 Å². The summed E-state index contributed by atoms with van der Waals surface area (Å²) in [7, 11) is 0. The van der Waals surface area contributed by atoms with Gasteiger partial charge in [-0.25, -0.2) is 9.82 Å². The first kappa shape index (κ1) is 17.3. The summed E-state index contributed by atoms with van der Waals surface area (Å²) in [5.74, 6) is -0.924. The molecule has 0 aliphatic carbocycles. The van der Waals surface area contributed by atoms with Gasteiger partial charge in [0.15, 0.2) is 0 Å². The van der Waals surface area contributed by atoms with E-state index >= 15 is 0 Å². The molecule has 0 spiro atoms. The van der Waals surface area contributed by atoms with Crippen molar-refractivity contribution in [2.75, 3.05) is 0 Å². The van der Waals surface area contributed by atoms with Crippen LogP contribution in [0.25, 0.3) is 11.3 Å². The number of aromatic amines is 1. The highest BCUT2D eigenvalue weighted by atomic mass is 79.9. The Bertz CT molecular complexity index is 940. The number of carbonyl (C=O) groups excluding carboxylic acids is 1. The number of nitrogens with one attached hydrogen (secondary N) is 2. The molecule has 1 aromatic heterocycles. The van der Waals surface area contributed by atoms with Crippen molar-refractivity contribution in [2.24, 2.45) is 5.10 Å². The highest BCUT2D eigenvalue weighted by molar-refractivity contribution is 9.10. The second-order valence-electron chi connectivity index (χ2n) is 5.04. The normalized spacial score (nSPS) is 11.0. The molecule has 8 heteroatoms. The number of carbonyl (C=O) groups is 1. The number of H-pyrrole nitrogens is 1. The molecule has 0 saturated carbocycles. The Labute approximate surface area is 156 Å². The number of hydrogen-bond acceptors (Lipinski definition) is 3. The first-order valence-electron chi connectivity index (χ1n) is 7.13. The van der Waals surface area contributed by atoms with Crippen LogP contribution in [0.1, 0.15) is 16.1 Å². The van der Waals surface area contributed by atoms with Crippen LogP contribution in [0, 0.1) is 5.82 Å². The molecule has 5 nitrogen and oxygen atoms in total. The van der Waals surface area contributed by atoms with Crippen LogP contribution >= 0.6 is 27.5 Å². The van der Waals surface area contributed by atoms with Gasteiger partial charge in [-0.3, -0.25) is 9.89 Å². The fourth-order valence-corrected chi connectivity index (χ4v) is 2.55. The van der Waals surface area contributed by atoms with Crippen molar-refractivity contribution in [1.29, 1.82) is 0 Å². The van der Waals surface area contributed by atoms with Gasteiger partial charge in [-0.15, -0.1) is 0 Å². The molecule has 0 bridgehead atoms. The molecule has 3 aromatic rings. The molecule has 3 rings (SSSR count). The van der Waals surface area contributed by atoms with Crippen molar-refractivity contribution in [2.45, 2.75) is 0 Å². The van der Waals surface area contributed by atoms with Gasteiger partial charge in [-0.05, 0) is 36.4 Å². The molecule has 2 N–H and O–H groups in total. The zero-order valence-electron chi connectivity index (χ0n) is 12.6. The summed E-state index contributed by atoms with van der Waals surface area (Å²) in [5.41, 5.74) is 4.23. The van der Waals surface area contributed by atoms with Crippen LogP contribution in [0.2, 0.25) is 5.02 Å². The summed E-state index contributed by atoms with van der Waals surface area (Å²) in [6.45, 7) is 0. The van der Waals surface area contributed by atoms with Crippen LogP contribution in [0.5, 0.6) is 0 Å². The first-order valence-corrected chi connectivity index (χ1v) is 8.30. The summed E-state index contributed by atoms with van der Waals surface area (Å²) < 4.78 is 14.3. The van der Waals surface area contributed by atoms with Crippen molar-refractivity contribution in [3.8, 4) is 11.3 Å². The Morgan fingerprint density at radius 2 is 2.00 bits per heavy atom. The molecule has 1 heterocycles. The van der Waals surface area contributed by atoms with Crippen molar-refractivity contribution in [1.82, 2.24) is 15.6 Å². The fraction of sp³-hybridized carbons (Fsp3) is 0. The standard InChI is InChI=1S/C17H11BrClFN4O/c18-12-3-6-14(20)11(7-12)9-21-24-17(25)16-8-15(22-23-16)10-1-4-13(19)5-2-10/h1-9H,(H,22,23)(H,24,25)/b21-9-. The van der Waals surface area contributed by atoms with Crippen LogP contribution in [0.4, 0.5) is 4.39 Å². The van der Waals surface area contributed by atoms with E-state index in [2.05, 4.69) is 36.7 Å². The Morgan fingerprint density at radius 3 is 2.76 bits per heavy atom. The largest absolute Gasteiger partial charge is 0.289 e. The Morgan fingerprint density at radius 1 is 1.24 bits per heavy atom. The zero-order chi connectivity index (χ0) is 17.8. The number of hydrazone groups is 1. The van der Waals surface area contributed by atoms with Crippen molar-refractivity contribution < 1.29 is 9.18 Å². The maximum absolute atomic E-state index is 13.6. The molecule has 0 atom stereocenters. The maximum Gasteiger partial charge on any atom is 0.289 e. The number of aromatic nitrogens is 2.